The Labute approximate surface area is 90.0 Å². The minimum absolute atomic E-state index is 0.544. The van der Waals surface area contributed by atoms with Crippen LogP contribution in [0.5, 0.6) is 0 Å². The van der Waals surface area contributed by atoms with E-state index in [4.69, 9.17) is 0 Å². The van der Waals surface area contributed by atoms with Gasteiger partial charge in [-0.1, -0.05) is 30.3 Å². The van der Waals surface area contributed by atoms with Gasteiger partial charge < -0.3 is 10.2 Å². The highest BCUT2D eigenvalue weighted by molar-refractivity contribution is 5.14. The summed E-state index contributed by atoms with van der Waals surface area (Å²) >= 11 is 0. The minimum atomic E-state index is -0.595. The van der Waals surface area contributed by atoms with Crippen molar-refractivity contribution in [1.29, 1.82) is 0 Å². The molecule has 15 heavy (non-hydrogen) atoms. The van der Waals surface area contributed by atoms with Gasteiger partial charge in [-0.25, -0.2) is 0 Å². The number of rotatable bonds is 2. The summed E-state index contributed by atoms with van der Waals surface area (Å²) in [5.41, 5.74) is 1.25. The first-order valence-corrected chi connectivity index (χ1v) is 5.38. The summed E-state index contributed by atoms with van der Waals surface area (Å²) in [6, 6.07) is 10.2. The lowest BCUT2D eigenvalue weighted by atomic mass is 10.0. The van der Waals surface area contributed by atoms with Gasteiger partial charge in [-0.3, -0.25) is 4.90 Å². The highest BCUT2D eigenvalue weighted by atomic mass is 16.3. The lowest BCUT2D eigenvalue weighted by Gasteiger charge is -2.33. The van der Waals surface area contributed by atoms with E-state index in [1.807, 2.05) is 18.2 Å². The van der Waals surface area contributed by atoms with Gasteiger partial charge in [0.1, 0.15) is 0 Å². The van der Waals surface area contributed by atoms with Crippen LogP contribution in [0.2, 0.25) is 0 Å². The van der Waals surface area contributed by atoms with Crippen molar-refractivity contribution in [3.05, 3.63) is 35.9 Å². The SMILES string of the molecule is O[C@@H]1CCN(Cc2ccccc2)C[C@H]1O. The molecule has 0 aromatic heterocycles. The molecular weight excluding hydrogens is 190 g/mol. The molecule has 2 N–H and O–H groups in total. The van der Waals surface area contributed by atoms with Crippen LogP contribution in [0.25, 0.3) is 0 Å². The number of aliphatic hydroxyl groups excluding tert-OH is 2. The van der Waals surface area contributed by atoms with Crippen LogP contribution < -0.4 is 0 Å². The van der Waals surface area contributed by atoms with Crippen LogP contribution in [-0.2, 0) is 6.54 Å². The predicted octanol–water partition coefficient (Wildman–Crippen LogP) is 0.614. The Morgan fingerprint density at radius 3 is 2.53 bits per heavy atom. The molecular formula is C12H17NO2. The number of hydrogen-bond acceptors (Lipinski definition) is 3. The summed E-state index contributed by atoms with van der Waals surface area (Å²) in [6.07, 6.45) is -0.479. The molecule has 0 aliphatic carbocycles. The van der Waals surface area contributed by atoms with E-state index in [1.165, 1.54) is 5.56 Å². The summed E-state index contributed by atoms with van der Waals surface area (Å²) in [4.78, 5) is 2.17. The molecule has 0 amide bonds. The Balaban J connectivity index is 1.91. The number of likely N-dealkylation sites (tertiary alicyclic amines) is 1. The zero-order valence-corrected chi connectivity index (χ0v) is 8.71. The zero-order chi connectivity index (χ0) is 10.7. The summed E-state index contributed by atoms with van der Waals surface area (Å²) < 4.78 is 0. The van der Waals surface area contributed by atoms with Crippen LogP contribution in [0.3, 0.4) is 0 Å². The number of aliphatic hydroxyl groups is 2. The fourth-order valence-corrected chi connectivity index (χ4v) is 1.97. The normalized spacial score (nSPS) is 27.9. The van der Waals surface area contributed by atoms with Gasteiger partial charge in [-0.2, -0.15) is 0 Å². The molecule has 0 spiro atoms. The third-order valence-corrected chi connectivity index (χ3v) is 2.88. The lowest BCUT2D eigenvalue weighted by Crippen LogP contribution is -2.46. The monoisotopic (exact) mass is 207 g/mol. The molecule has 2 atom stereocenters. The smallest absolute Gasteiger partial charge is 0.0926 e. The van der Waals surface area contributed by atoms with Crippen LogP contribution in [0.4, 0.5) is 0 Å². The minimum Gasteiger partial charge on any atom is -0.390 e. The highest BCUT2D eigenvalue weighted by Crippen LogP contribution is 2.13. The van der Waals surface area contributed by atoms with Gasteiger partial charge in [-0.05, 0) is 12.0 Å². The molecule has 1 fully saturated rings. The average Bonchev–Trinajstić information content (AvgIpc) is 2.25. The molecule has 3 heteroatoms. The standard InChI is InChI=1S/C12H17NO2/c14-11-6-7-13(9-12(11)15)8-10-4-2-1-3-5-10/h1-5,11-12,14-15H,6-9H2/t11-,12-/m1/s1. The van der Waals surface area contributed by atoms with Crippen molar-refractivity contribution in [2.75, 3.05) is 13.1 Å². The predicted molar refractivity (Wildman–Crippen MR) is 58.3 cm³/mol. The van der Waals surface area contributed by atoms with Crippen LogP contribution in [0, 0.1) is 0 Å². The lowest BCUT2D eigenvalue weighted by molar-refractivity contribution is -0.0403. The van der Waals surface area contributed by atoms with Crippen molar-refractivity contribution in [3.8, 4) is 0 Å². The largest absolute Gasteiger partial charge is 0.390 e. The van der Waals surface area contributed by atoms with Crippen molar-refractivity contribution >= 4 is 0 Å². The van der Waals surface area contributed by atoms with E-state index < -0.39 is 12.2 Å². The van der Waals surface area contributed by atoms with E-state index in [1.54, 1.807) is 0 Å². The van der Waals surface area contributed by atoms with Gasteiger partial charge in [0, 0.05) is 19.6 Å². The Morgan fingerprint density at radius 2 is 1.87 bits per heavy atom. The van der Waals surface area contributed by atoms with Crippen molar-refractivity contribution < 1.29 is 10.2 Å². The molecule has 1 heterocycles. The van der Waals surface area contributed by atoms with E-state index in [9.17, 15) is 10.2 Å². The summed E-state index contributed by atoms with van der Waals surface area (Å²) in [5.74, 6) is 0. The number of benzene rings is 1. The quantitative estimate of drug-likeness (QED) is 0.747. The number of nitrogens with zero attached hydrogens (tertiary/aromatic N) is 1. The molecule has 0 radical (unpaired) electrons. The highest BCUT2D eigenvalue weighted by Gasteiger charge is 2.25. The maximum absolute atomic E-state index is 9.53. The molecule has 1 aliphatic heterocycles. The number of β-amino-alcohol motifs (C(OH)–C–C–N with tert-alkyl or cyclic N) is 1. The van der Waals surface area contributed by atoms with Crippen molar-refractivity contribution in [3.63, 3.8) is 0 Å². The first-order chi connectivity index (χ1) is 7.25. The Morgan fingerprint density at radius 1 is 1.13 bits per heavy atom. The third-order valence-electron chi connectivity index (χ3n) is 2.88. The first-order valence-electron chi connectivity index (χ1n) is 5.38. The van der Waals surface area contributed by atoms with Crippen LogP contribution in [-0.4, -0.2) is 40.4 Å². The van der Waals surface area contributed by atoms with E-state index in [0.717, 1.165) is 13.1 Å². The summed E-state index contributed by atoms with van der Waals surface area (Å²) in [7, 11) is 0. The van der Waals surface area contributed by atoms with Gasteiger partial charge >= 0.3 is 0 Å². The Kier molecular flexibility index (Phi) is 3.36. The van der Waals surface area contributed by atoms with E-state index in [2.05, 4.69) is 17.0 Å². The van der Waals surface area contributed by atoms with Gasteiger partial charge in [0.25, 0.3) is 0 Å². The molecule has 3 nitrogen and oxygen atoms in total. The Bertz CT molecular complexity index is 302. The molecule has 1 aromatic carbocycles. The van der Waals surface area contributed by atoms with Crippen LogP contribution in [0.15, 0.2) is 30.3 Å². The molecule has 0 unspecified atom stereocenters. The third kappa shape index (κ3) is 2.78. The maximum Gasteiger partial charge on any atom is 0.0926 e. The second-order valence-electron chi connectivity index (χ2n) is 4.14. The summed E-state index contributed by atoms with van der Waals surface area (Å²) in [5, 5.41) is 18.9. The topological polar surface area (TPSA) is 43.7 Å². The van der Waals surface area contributed by atoms with Gasteiger partial charge in [0.05, 0.1) is 12.2 Å². The van der Waals surface area contributed by atoms with E-state index in [0.29, 0.717) is 13.0 Å². The van der Waals surface area contributed by atoms with Gasteiger partial charge in [-0.15, -0.1) is 0 Å². The van der Waals surface area contributed by atoms with Crippen molar-refractivity contribution in [2.45, 2.75) is 25.2 Å². The fourth-order valence-electron chi connectivity index (χ4n) is 1.97. The van der Waals surface area contributed by atoms with Gasteiger partial charge in [0.15, 0.2) is 0 Å². The molecule has 1 aromatic rings. The maximum atomic E-state index is 9.53. The van der Waals surface area contributed by atoms with E-state index in [-0.39, 0.29) is 0 Å². The molecule has 0 bridgehead atoms. The molecule has 1 aliphatic rings. The molecule has 82 valence electrons. The van der Waals surface area contributed by atoms with Gasteiger partial charge in [0.2, 0.25) is 0 Å². The number of hydrogen-bond donors (Lipinski definition) is 2. The van der Waals surface area contributed by atoms with Crippen molar-refractivity contribution in [1.82, 2.24) is 4.90 Å². The van der Waals surface area contributed by atoms with E-state index >= 15 is 0 Å². The number of piperidine rings is 1. The molecule has 1 saturated heterocycles. The van der Waals surface area contributed by atoms with Crippen molar-refractivity contribution in [2.24, 2.45) is 0 Å². The zero-order valence-electron chi connectivity index (χ0n) is 8.71. The molecule has 2 rings (SSSR count). The summed E-state index contributed by atoms with van der Waals surface area (Å²) in [6.45, 7) is 2.27. The van der Waals surface area contributed by atoms with Crippen LogP contribution in [0.1, 0.15) is 12.0 Å². The second kappa shape index (κ2) is 4.75. The molecule has 0 saturated carbocycles. The Hall–Kier alpha value is -0.900. The van der Waals surface area contributed by atoms with Crippen LogP contribution >= 0.6 is 0 Å². The second-order valence-corrected chi connectivity index (χ2v) is 4.14. The fraction of sp³-hybridized carbons (Fsp3) is 0.500. The first kappa shape index (κ1) is 10.6. The average molecular weight is 207 g/mol.